The minimum Gasteiger partial charge on any atom is -0.396 e. The van der Waals surface area contributed by atoms with Crippen molar-refractivity contribution in [1.82, 2.24) is 5.32 Å². The summed E-state index contributed by atoms with van der Waals surface area (Å²) in [6.07, 6.45) is 5.48. The Kier molecular flexibility index (Phi) is 5.41. The highest BCUT2D eigenvalue weighted by atomic mass is 16.5. The van der Waals surface area contributed by atoms with Crippen molar-refractivity contribution >= 4 is 11.7 Å². The summed E-state index contributed by atoms with van der Waals surface area (Å²) in [5.74, 6) is 0.754. The van der Waals surface area contributed by atoms with E-state index in [1.165, 1.54) is 12.8 Å². The van der Waals surface area contributed by atoms with Gasteiger partial charge in [0.2, 0.25) is 0 Å². The molecule has 5 nitrogen and oxygen atoms in total. The fourth-order valence-electron chi connectivity index (χ4n) is 3.36. The number of carbonyl (C=O) groups is 1. The third kappa shape index (κ3) is 4.48. The molecule has 0 aromatic heterocycles. The molecule has 2 fully saturated rings. The van der Waals surface area contributed by atoms with E-state index in [-0.39, 0.29) is 24.1 Å². The van der Waals surface area contributed by atoms with Gasteiger partial charge in [0, 0.05) is 23.8 Å². The molecule has 3 N–H and O–H groups in total. The predicted molar refractivity (Wildman–Crippen MR) is 93.8 cm³/mol. The van der Waals surface area contributed by atoms with Gasteiger partial charge in [-0.25, -0.2) is 4.79 Å². The first-order chi connectivity index (χ1) is 11.6. The second-order valence-corrected chi connectivity index (χ2v) is 7.51. The van der Waals surface area contributed by atoms with E-state index in [0.717, 1.165) is 43.0 Å². The first kappa shape index (κ1) is 17.2. The maximum absolute atomic E-state index is 12.3. The van der Waals surface area contributed by atoms with Crippen LogP contribution in [0.3, 0.4) is 0 Å². The third-order valence-corrected chi connectivity index (χ3v) is 5.25. The Morgan fingerprint density at radius 1 is 1.38 bits per heavy atom. The monoisotopic (exact) mass is 332 g/mol. The van der Waals surface area contributed by atoms with Crippen LogP contribution in [0, 0.1) is 11.3 Å². The summed E-state index contributed by atoms with van der Waals surface area (Å²) in [6, 6.07) is 7.58. The molecule has 0 spiro atoms. The molecule has 0 aliphatic heterocycles. The zero-order valence-electron chi connectivity index (χ0n) is 14.4. The first-order valence-corrected chi connectivity index (χ1v) is 8.94. The highest BCUT2D eigenvalue weighted by Crippen LogP contribution is 2.37. The lowest BCUT2D eigenvalue weighted by molar-refractivity contribution is 0.111. The summed E-state index contributed by atoms with van der Waals surface area (Å²) < 4.78 is 5.70. The van der Waals surface area contributed by atoms with Gasteiger partial charge in [-0.05, 0) is 49.3 Å². The minimum atomic E-state index is -0.212. The highest BCUT2D eigenvalue weighted by molar-refractivity contribution is 5.89. The number of nitrogens with one attached hydrogen (secondary N) is 2. The SMILES string of the molecule is CC1(CO)CCCC1NC(=O)Nc1cccc(COCC2CC2)c1. The van der Waals surface area contributed by atoms with Gasteiger partial charge in [0.25, 0.3) is 0 Å². The Morgan fingerprint density at radius 2 is 2.21 bits per heavy atom. The lowest BCUT2D eigenvalue weighted by atomic mass is 9.86. The Labute approximate surface area is 143 Å². The van der Waals surface area contributed by atoms with Crippen molar-refractivity contribution in [2.45, 2.75) is 51.7 Å². The zero-order valence-corrected chi connectivity index (χ0v) is 14.4. The lowest BCUT2D eigenvalue weighted by Crippen LogP contribution is -2.46. The summed E-state index contributed by atoms with van der Waals surface area (Å²) in [7, 11) is 0. The third-order valence-electron chi connectivity index (χ3n) is 5.25. The number of benzene rings is 1. The number of hydrogen-bond acceptors (Lipinski definition) is 3. The molecule has 2 unspecified atom stereocenters. The normalized spacial score (nSPS) is 26.3. The summed E-state index contributed by atoms with van der Waals surface area (Å²) >= 11 is 0. The largest absolute Gasteiger partial charge is 0.396 e. The van der Waals surface area contributed by atoms with E-state index in [1.54, 1.807) is 0 Å². The van der Waals surface area contributed by atoms with Crippen molar-refractivity contribution in [2.75, 3.05) is 18.5 Å². The second-order valence-electron chi connectivity index (χ2n) is 7.51. The second kappa shape index (κ2) is 7.53. The number of hydrogen-bond donors (Lipinski definition) is 3. The average molecular weight is 332 g/mol. The molecule has 132 valence electrons. The summed E-state index contributed by atoms with van der Waals surface area (Å²) in [4.78, 5) is 12.3. The van der Waals surface area contributed by atoms with Crippen molar-refractivity contribution in [2.24, 2.45) is 11.3 Å². The van der Waals surface area contributed by atoms with Crippen molar-refractivity contribution in [3.05, 3.63) is 29.8 Å². The quantitative estimate of drug-likeness (QED) is 0.717. The van der Waals surface area contributed by atoms with Crippen LogP contribution in [-0.4, -0.2) is 30.4 Å². The molecule has 5 heteroatoms. The molecular weight excluding hydrogens is 304 g/mol. The molecule has 1 aromatic carbocycles. The van der Waals surface area contributed by atoms with Gasteiger partial charge in [0.05, 0.1) is 13.2 Å². The Hall–Kier alpha value is -1.59. The van der Waals surface area contributed by atoms with Crippen molar-refractivity contribution in [1.29, 1.82) is 0 Å². The maximum atomic E-state index is 12.3. The van der Waals surface area contributed by atoms with Crippen molar-refractivity contribution < 1.29 is 14.6 Å². The van der Waals surface area contributed by atoms with E-state index in [2.05, 4.69) is 10.6 Å². The number of urea groups is 1. The molecule has 2 aliphatic carbocycles. The maximum Gasteiger partial charge on any atom is 0.319 e. The predicted octanol–water partition coefficient (Wildman–Crippen LogP) is 3.29. The van der Waals surface area contributed by atoms with Crippen LogP contribution >= 0.6 is 0 Å². The van der Waals surface area contributed by atoms with E-state index in [4.69, 9.17) is 4.74 Å². The van der Waals surface area contributed by atoms with Crippen molar-refractivity contribution in [3.8, 4) is 0 Å². The van der Waals surface area contributed by atoms with Gasteiger partial charge in [0.1, 0.15) is 0 Å². The van der Waals surface area contributed by atoms with Crippen LogP contribution in [0.5, 0.6) is 0 Å². The standard InChI is InChI=1S/C19H28N2O3/c1-19(13-22)9-3-6-17(19)21-18(23)20-16-5-2-4-15(10-16)12-24-11-14-7-8-14/h2,4-5,10,14,17,22H,3,6-9,11-13H2,1H3,(H2,20,21,23). The number of carbonyl (C=O) groups excluding carboxylic acids is 1. The number of aliphatic hydroxyl groups is 1. The van der Waals surface area contributed by atoms with Crippen LogP contribution in [0.25, 0.3) is 0 Å². The van der Waals surface area contributed by atoms with Gasteiger partial charge < -0.3 is 20.5 Å². The van der Waals surface area contributed by atoms with Gasteiger partial charge >= 0.3 is 6.03 Å². The molecule has 2 saturated carbocycles. The van der Waals surface area contributed by atoms with E-state index < -0.39 is 0 Å². The Balaban J connectivity index is 1.50. The Morgan fingerprint density at radius 3 is 2.96 bits per heavy atom. The number of anilines is 1. The summed E-state index contributed by atoms with van der Waals surface area (Å²) in [5, 5.41) is 15.5. The highest BCUT2D eigenvalue weighted by Gasteiger charge is 2.39. The van der Waals surface area contributed by atoms with Crippen LogP contribution in [-0.2, 0) is 11.3 Å². The topological polar surface area (TPSA) is 70.6 Å². The number of aliphatic hydroxyl groups excluding tert-OH is 1. The van der Waals surface area contributed by atoms with Crippen molar-refractivity contribution in [3.63, 3.8) is 0 Å². The van der Waals surface area contributed by atoms with Crippen LogP contribution in [0.4, 0.5) is 10.5 Å². The van der Waals surface area contributed by atoms with E-state index in [9.17, 15) is 9.90 Å². The number of rotatable bonds is 7. The molecule has 0 heterocycles. The molecule has 0 saturated heterocycles. The summed E-state index contributed by atoms with van der Waals surface area (Å²) in [5.41, 5.74) is 1.62. The fraction of sp³-hybridized carbons (Fsp3) is 0.632. The van der Waals surface area contributed by atoms with Crippen LogP contribution < -0.4 is 10.6 Å². The first-order valence-electron chi connectivity index (χ1n) is 8.94. The van der Waals surface area contributed by atoms with Crippen LogP contribution in [0.1, 0.15) is 44.6 Å². The molecule has 0 radical (unpaired) electrons. The summed E-state index contributed by atoms with van der Waals surface area (Å²) in [6.45, 7) is 3.55. The van der Waals surface area contributed by atoms with E-state index in [1.807, 2.05) is 31.2 Å². The van der Waals surface area contributed by atoms with Gasteiger partial charge in [-0.2, -0.15) is 0 Å². The molecule has 24 heavy (non-hydrogen) atoms. The lowest BCUT2D eigenvalue weighted by Gasteiger charge is -2.30. The van der Waals surface area contributed by atoms with Crippen LogP contribution in [0.2, 0.25) is 0 Å². The van der Waals surface area contributed by atoms with Gasteiger partial charge in [-0.15, -0.1) is 0 Å². The molecular formula is C19H28N2O3. The van der Waals surface area contributed by atoms with Gasteiger partial charge in [-0.1, -0.05) is 25.5 Å². The number of amides is 2. The van der Waals surface area contributed by atoms with E-state index >= 15 is 0 Å². The molecule has 2 aliphatic rings. The molecule has 3 rings (SSSR count). The molecule has 0 bridgehead atoms. The van der Waals surface area contributed by atoms with Gasteiger partial charge in [-0.3, -0.25) is 0 Å². The van der Waals surface area contributed by atoms with Crippen LogP contribution in [0.15, 0.2) is 24.3 Å². The number of ether oxygens (including phenoxy) is 1. The molecule has 2 atom stereocenters. The van der Waals surface area contributed by atoms with Gasteiger partial charge in [0.15, 0.2) is 0 Å². The molecule has 1 aromatic rings. The smallest absolute Gasteiger partial charge is 0.319 e. The fourth-order valence-corrected chi connectivity index (χ4v) is 3.36. The average Bonchev–Trinajstić information content (AvgIpc) is 3.32. The minimum absolute atomic E-state index is 0.0209. The zero-order chi connectivity index (χ0) is 17.0. The molecule has 2 amide bonds. The Bertz CT molecular complexity index is 573. The van der Waals surface area contributed by atoms with E-state index in [0.29, 0.717) is 6.61 Å².